The number of alkyl halides is 1. The van der Waals surface area contributed by atoms with Gasteiger partial charge in [0.2, 0.25) is 0 Å². The van der Waals surface area contributed by atoms with Crippen molar-refractivity contribution in [1.82, 2.24) is 0 Å². The van der Waals surface area contributed by atoms with Crippen LogP contribution in [0.3, 0.4) is 0 Å². The van der Waals surface area contributed by atoms with E-state index in [1.54, 1.807) is 0 Å². The minimum Gasteiger partial charge on any atom is -0.379 e. The van der Waals surface area contributed by atoms with Gasteiger partial charge in [0.25, 0.3) is 0 Å². The van der Waals surface area contributed by atoms with Crippen molar-refractivity contribution in [3.8, 4) is 0 Å². The lowest BCUT2D eigenvalue weighted by atomic mass is 10.1. The first-order chi connectivity index (χ1) is 13.4. The van der Waals surface area contributed by atoms with Crippen LogP contribution in [0.1, 0.15) is 45.4 Å². The maximum Gasteiger partial charge on any atom is 0.0701 e. The molecule has 0 N–H and O–H groups in total. The zero-order valence-electron chi connectivity index (χ0n) is 17.3. The summed E-state index contributed by atoms with van der Waals surface area (Å²) in [6.45, 7) is 9.82. The number of rotatable bonds is 24. The third-order valence-electron chi connectivity index (χ3n) is 3.72. The van der Waals surface area contributed by atoms with Crippen LogP contribution >= 0.6 is 15.9 Å². The monoisotopic (exact) mass is 456 g/mol. The first kappa shape index (κ1) is 27.2. The summed E-state index contributed by atoms with van der Waals surface area (Å²) in [4.78, 5) is 0. The van der Waals surface area contributed by atoms with Gasteiger partial charge in [-0.05, 0) is 6.42 Å². The largest absolute Gasteiger partial charge is 0.379 e. The number of unbranched alkanes of at least 4 members (excludes halogenated alkanes) is 5. The van der Waals surface area contributed by atoms with Gasteiger partial charge in [0.1, 0.15) is 0 Å². The SMILES string of the molecule is CCCCCCCCOCCOCCOCCOCCOCCOCCBr. The summed E-state index contributed by atoms with van der Waals surface area (Å²) in [5.41, 5.74) is 0. The Balaban J connectivity index is 2.95. The summed E-state index contributed by atoms with van der Waals surface area (Å²) in [5.74, 6) is 0. The Morgan fingerprint density at radius 3 is 1.15 bits per heavy atom. The van der Waals surface area contributed by atoms with Crippen molar-refractivity contribution in [2.24, 2.45) is 0 Å². The van der Waals surface area contributed by atoms with Gasteiger partial charge < -0.3 is 28.4 Å². The predicted molar refractivity (Wildman–Crippen MR) is 112 cm³/mol. The molecular weight excluding hydrogens is 416 g/mol. The fraction of sp³-hybridized carbons (Fsp3) is 1.00. The Kier molecular flexibility index (Phi) is 26.5. The molecule has 0 aliphatic carbocycles. The van der Waals surface area contributed by atoms with E-state index < -0.39 is 0 Å². The number of ether oxygens (including phenoxy) is 6. The summed E-state index contributed by atoms with van der Waals surface area (Å²) >= 11 is 3.30. The molecule has 0 unspecified atom stereocenters. The van der Waals surface area contributed by atoms with Crippen LogP contribution in [0.15, 0.2) is 0 Å². The van der Waals surface area contributed by atoms with Crippen LogP contribution < -0.4 is 0 Å². The highest BCUT2D eigenvalue weighted by Crippen LogP contribution is 2.04. The number of halogens is 1. The maximum absolute atomic E-state index is 5.55. The third kappa shape index (κ3) is 26.2. The van der Waals surface area contributed by atoms with Gasteiger partial charge in [-0.15, -0.1) is 0 Å². The maximum atomic E-state index is 5.55. The number of hydrogen-bond acceptors (Lipinski definition) is 6. The zero-order valence-corrected chi connectivity index (χ0v) is 18.8. The molecule has 0 bridgehead atoms. The van der Waals surface area contributed by atoms with Crippen molar-refractivity contribution < 1.29 is 28.4 Å². The van der Waals surface area contributed by atoms with E-state index in [9.17, 15) is 0 Å². The molecule has 0 saturated carbocycles. The Morgan fingerprint density at radius 2 is 0.741 bits per heavy atom. The second kappa shape index (κ2) is 26.2. The quantitative estimate of drug-likeness (QED) is 0.162. The van der Waals surface area contributed by atoms with Crippen molar-refractivity contribution in [2.45, 2.75) is 45.4 Å². The third-order valence-corrected chi connectivity index (χ3v) is 4.05. The van der Waals surface area contributed by atoms with Gasteiger partial charge in [0.15, 0.2) is 0 Å². The van der Waals surface area contributed by atoms with E-state index in [1.807, 2.05) is 0 Å². The molecule has 0 amide bonds. The van der Waals surface area contributed by atoms with E-state index in [0.29, 0.717) is 72.7 Å². The van der Waals surface area contributed by atoms with Gasteiger partial charge in [-0.25, -0.2) is 0 Å². The molecule has 0 atom stereocenters. The highest BCUT2D eigenvalue weighted by atomic mass is 79.9. The molecule has 0 aromatic carbocycles. The van der Waals surface area contributed by atoms with Crippen LogP contribution in [-0.4, -0.2) is 84.6 Å². The lowest BCUT2D eigenvalue weighted by molar-refractivity contribution is -0.0162. The van der Waals surface area contributed by atoms with Gasteiger partial charge in [-0.2, -0.15) is 0 Å². The second-order valence-corrected chi connectivity index (χ2v) is 6.92. The van der Waals surface area contributed by atoms with Crippen molar-refractivity contribution in [3.63, 3.8) is 0 Å². The van der Waals surface area contributed by atoms with Crippen molar-refractivity contribution in [3.05, 3.63) is 0 Å². The Hall–Kier alpha value is 0.240. The van der Waals surface area contributed by atoms with Crippen LogP contribution in [0.4, 0.5) is 0 Å². The Morgan fingerprint density at radius 1 is 0.407 bits per heavy atom. The van der Waals surface area contributed by atoms with Crippen molar-refractivity contribution in [2.75, 3.05) is 84.6 Å². The van der Waals surface area contributed by atoms with E-state index >= 15 is 0 Å². The molecule has 0 heterocycles. The first-order valence-electron chi connectivity index (χ1n) is 10.4. The highest BCUT2D eigenvalue weighted by molar-refractivity contribution is 9.09. The van der Waals surface area contributed by atoms with E-state index in [4.69, 9.17) is 28.4 Å². The van der Waals surface area contributed by atoms with Crippen LogP contribution in [0, 0.1) is 0 Å². The van der Waals surface area contributed by atoms with Gasteiger partial charge in [0.05, 0.1) is 72.7 Å². The van der Waals surface area contributed by atoms with Gasteiger partial charge >= 0.3 is 0 Å². The molecule has 0 aliphatic heterocycles. The standard InChI is InChI=1S/C20H41BrO6/c1-2-3-4-5-6-7-9-22-11-13-24-15-17-26-19-20-27-18-16-25-14-12-23-10-8-21/h2-20H2,1H3. The molecule has 27 heavy (non-hydrogen) atoms. The van der Waals surface area contributed by atoms with Gasteiger partial charge in [0, 0.05) is 11.9 Å². The van der Waals surface area contributed by atoms with Crippen LogP contribution in [-0.2, 0) is 28.4 Å². The summed E-state index contributed by atoms with van der Waals surface area (Å²) in [5, 5.41) is 0.855. The first-order valence-corrected chi connectivity index (χ1v) is 11.6. The highest BCUT2D eigenvalue weighted by Gasteiger charge is 1.94. The summed E-state index contributed by atoms with van der Waals surface area (Å²) < 4.78 is 32.5. The minimum absolute atomic E-state index is 0.574. The topological polar surface area (TPSA) is 55.4 Å². The molecule has 164 valence electrons. The molecule has 7 heteroatoms. The second-order valence-electron chi connectivity index (χ2n) is 6.13. The molecule has 0 radical (unpaired) electrons. The van der Waals surface area contributed by atoms with Crippen molar-refractivity contribution >= 4 is 15.9 Å². The smallest absolute Gasteiger partial charge is 0.0701 e. The fourth-order valence-electron chi connectivity index (χ4n) is 2.24. The molecule has 0 fully saturated rings. The van der Waals surface area contributed by atoms with E-state index in [-0.39, 0.29) is 0 Å². The van der Waals surface area contributed by atoms with Gasteiger partial charge in [-0.3, -0.25) is 0 Å². The molecule has 0 aromatic heterocycles. The van der Waals surface area contributed by atoms with E-state index in [2.05, 4.69) is 22.9 Å². The summed E-state index contributed by atoms with van der Waals surface area (Å²) in [6, 6.07) is 0. The summed E-state index contributed by atoms with van der Waals surface area (Å²) in [7, 11) is 0. The average Bonchev–Trinajstić information content (AvgIpc) is 2.68. The number of hydrogen-bond donors (Lipinski definition) is 0. The van der Waals surface area contributed by atoms with Gasteiger partial charge in [-0.1, -0.05) is 55.0 Å². The minimum atomic E-state index is 0.574. The van der Waals surface area contributed by atoms with Crippen LogP contribution in [0.5, 0.6) is 0 Å². The van der Waals surface area contributed by atoms with Crippen molar-refractivity contribution in [1.29, 1.82) is 0 Å². The molecular formula is C20H41BrO6. The molecule has 0 saturated heterocycles. The molecule has 0 rings (SSSR count). The lowest BCUT2D eigenvalue weighted by Gasteiger charge is -2.08. The molecule has 0 aliphatic rings. The molecule has 0 spiro atoms. The van der Waals surface area contributed by atoms with E-state index in [0.717, 1.165) is 18.4 Å². The lowest BCUT2D eigenvalue weighted by Crippen LogP contribution is -2.14. The Bertz CT molecular complexity index is 235. The fourth-order valence-corrected chi connectivity index (χ4v) is 2.47. The Labute approximate surface area is 174 Å². The molecule has 0 aromatic rings. The average molecular weight is 457 g/mol. The van der Waals surface area contributed by atoms with E-state index in [1.165, 1.54) is 32.1 Å². The predicted octanol–water partition coefficient (Wildman–Crippen LogP) is 3.84. The van der Waals surface area contributed by atoms with Crippen LogP contribution in [0.2, 0.25) is 0 Å². The molecule has 6 nitrogen and oxygen atoms in total. The zero-order chi connectivity index (χ0) is 19.7. The van der Waals surface area contributed by atoms with Crippen LogP contribution in [0.25, 0.3) is 0 Å². The normalized spacial score (nSPS) is 11.3. The summed E-state index contributed by atoms with van der Waals surface area (Å²) in [6.07, 6.45) is 7.76.